The van der Waals surface area contributed by atoms with Crippen LogP contribution < -0.4 is 4.72 Å². The molecule has 0 unspecified atom stereocenters. The van der Waals surface area contributed by atoms with Gasteiger partial charge in [-0.1, -0.05) is 11.6 Å². The highest BCUT2D eigenvalue weighted by Gasteiger charge is 2.04. The maximum absolute atomic E-state index is 5.98. The summed E-state index contributed by atoms with van der Waals surface area (Å²) in [5, 5.41) is 1.57. The predicted molar refractivity (Wildman–Crippen MR) is 76.2 cm³/mol. The number of hydrogen-bond donors (Lipinski definition) is 1. The van der Waals surface area contributed by atoms with E-state index in [-0.39, 0.29) is 0 Å². The Morgan fingerprint density at radius 2 is 2.06 bits per heavy atom. The Hall–Kier alpha value is -0.710. The fraction of sp³-hybridized carbons (Fsp3) is 0.167. The largest absolute Gasteiger partial charge is 0.453 e. The summed E-state index contributed by atoms with van der Waals surface area (Å²) in [6.07, 6.45) is 2.04. The molecule has 1 aromatic heterocycles. The maximum atomic E-state index is 5.98. The first-order valence-corrected chi connectivity index (χ1v) is 7.44. The van der Waals surface area contributed by atoms with Gasteiger partial charge in [0.15, 0.2) is 5.09 Å². The standard InChI is InChI=1S/C12H12ClNOS2/c1-8-3-6-12(15-8)17-14-10-7-9(13)4-5-11(10)16-2/h3-7,14H,1-2H3. The second-order valence-corrected chi connectivity index (χ2v) is 5.51. The number of furan rings is 1. The molecule has 17 heavy (non-hydrogen) atoms. The molecule has 0 saturated carbocycles. The molecule has 5 heteroatoms. The van der Waals surface area contributed by atoms with Crippen LogP contribution in [0.2, 0.25) is 5.02 Å². The van der Waals surface area contributed by atoms with E-state index in [1.54, 1.807) is 11.8 Å². The van der Waals surface area contributed by atoms with Crippen molar-refractivity contribution in [1.29, 1.82) is 0 Å². The van der Waals surface area contributed by atoms with Gasteiger partial charge in [0.05, 0.1) is 5.69 Å². The molecule has 0 atom stereocenters. The third-order valence-corrected chi connectivity index (χ3v) is 3.91. The molecule has 1 heterocycles. The summed E-state index contributed by atoms with van der Waals surface area (Å²) in [6.45, 7) is 1.93. The van der Waals surface area contributed by atoms with E-state index in [2.05, 4.69) is 4.72 Å². The first-order chi connectivity index (χ1) is 8.19. The molecule has 0 radical (unpaired) electrons. The van der Waals surface area contributed by atoms with Crippen molar-refractivity contribution in [2.75, 3.05) is 11.0 Å². The van der Waals surface area contributed by atoms with E-state index in [1.165, 1.54) is 11.9 Å². The van der Waals surface area contributed by atoms with Crippen molar-refractivity contribution in [3.8, 4) is 0 Å². The fourth-order valence-corrected chi connectivity index (χ4v) is 2.79. The van der Waals surface area contributed by atoms with Crippen molar-refractivity contribution in [2.24, 2.45) is 0 Å². The molecule has 0 bridgehead atoms. The monoisotopic (exact) mass is 285 g/mol. The quantitative estimate of drug-likeness (QED) is 0.625. The number of rotatable bonds is 4. The van der Waals surface area contributed by atoms with E-state index in [9.17, 15) is 0 Å². The molecule has 2 rings (SSSR count). The van der Waals surface area contributed by atoms with Crippen molar-refractivity contribution in [3.63, 3.8) is 0 Å². The number of nitrogens with one attached hydrogen (secondary N) is 1. The van der Waals surface area contributed by atoms with Crippen molar-refractivity contribution in [2.45, 2.75) is 16.9 Å². The van der Waals surface area contributed by atoms with Crippen LogP contribution in [0, 0.1) is 6.92 Å². The van der Waals surface area contributed by atoms with Gasteiger partial charge in [-0.3, -0.25) is 0 Å². The highest BCUT2D eigenvalue weighted by Crippen LogP contribution is 2.32. The van der Waals surface area contributed by atoms with E-state index < -0.39 is 0 Å². The van der Waals surface area contributed by atoms with E-state index in [1.807, 2.05) is 43.5 Å². The molecular formula is C12H12ClNOS2. The summed E-state index contributed by atoms with van der Waals surface area (Å²) in [7, 11) is 0. The van der Waals surface area contributed by atoms with Crippen LogP contribution in [-0.4, -0.2) is 6.26 Å². The van der Waals surface area contributed by atoms with Gasteiger partial charge < -0.3 is 9.14 Å². The Morgan fingerprint density at radius 1 is 1.24 bits per heavy atom. The minimum Gasteiger partial charge on any atom is -0.453 e. The van der Waals surface area contributed by atoms with Crippen molar-refractivity contribution >= 4 is 41.0 Å². The lowest BCUT2D eigenvalue weighted by Crippen LogP contribution is -1.88. The van der Waals surface area contributed by atoms with Gasteiger partial charge in [0, 0.05) is 21.9 Å². The van der Waals surface area contributed by atoms with Crippen molar-refractivity contribution < 1.29 is 4.42 Å². The smallest absolute Gasteiger partial charge is 0.180 e. The van der Waals surface area contributed by atoms with Crippen LogP contribution in [0.4, 0.5) is 5.69 Å². The van der Waals surface area contributed by atoms with Gasteiger partial charge >= 0.3 is 0 Å². The molecule has 90 valence electrons. The lowest BCUT2D eigenvalue weighted by Gasteiger charge is -2.08. The van der Waals surface area contributed by atoms with Gasteiger partial charge in [-0.15, -0.1) is 11.8 Å². The topological polar surface area (TPSA) is 25.2 Å². The van der Waals surface area contributed by atoms with Gasteiger partial charge in [-0.05, 0) is 43.5 Å². The zero-order valence-corrected chi connectivity index (χ0v) is 11.9. The minimum atomic E-state index is 0.724. The van der Waals surface area contributed by atoms with Gasteiger partial charge in [-0.25, -0.2) is 0 Å². The molecule has 0 fully saturated rings. The maximum Gasteiger partial charge on any atom is 0.180 e. The SMILES string of the molecule is CSc1ccc(Cl)cc1NSc1ccc(C)o1. The van der Waals surface area contributed by atoms with E-state index >= 15 is 0 Å². The molecule has 0 aliphatic rings. The van der Waals surface area contributed by atoms with Gasteiger partial charge in [0.2, 0.25) is 0 Å². The number of anilines is 1. The summed E-state index contributed by atoms with van der Waals surface area (Å²) in [4.78, 5) is 1.16. The summed E-state index contributed by atoms with van der Waals surface area (Å²) in [6, 6.07) is 9.69. The van der Waals surface area contributed by atoms with Crippen molar-refractivity contribution in [1.82, 2.24) is 0 Å². The van der Waals surface area contributed by atoms with Crippen LogP contribution in [0.1, 0.15) is 5.76 Å². The highest BCUT2D eigenvalue weighted by atomic mass is 35.5. The predicted octanol–water partition coefficient (Wildman–Crippen LogP) is 5.08. The molecule has 1 aromatic carbocycles. The van der Waals surface area contributed by atoms with Crippen LogP contribution in [0.25, 0.3) is 0 Å². The second-order valence-electron chi connectivity index (χ2n) is 3.41. The third kappa shape index (κ3) is 3.37. The Morgan fingerprint density at radius 3 is 2.71 bits per heavy atom. The van der Waals surface area contributed by atoms with E-state index in [0.29, 0.717) is 0 Å². The molecule has 0 aliphatic heterocycles. The first kappa shape index (κ1) is 12.7. The number of halogens is 1. The third-order valence-electron chi connectivity index (χ3n) is 2.14. The van der Waals surface area contributed by atoms with Crippen LogP contribution >= 0.6 is 35.3 Å². The Kier molecular flexibility index (Phi) is 4.31. The molecule has 0 saturated heterocycles. The zero-order chi connectivity index (χ0) is 12.3. The van der Waals surface area contributed by atoms with Crippen molar-refractivity contribution in [3.05, 3.63) is 41.1 Å². The minimum absolute atomic E-state index is 0.724. The molecule has 0 amide bonds. The normalized spacial score (nSPS) is 10.5. The van der Waals surface area contributed by atoms with Crippen LogP contribution in [0.15, 0.2) is 44.7 Å². The molecular weight excluding hydrogens is 274 g/mol. The summed E-state index contributed by atoms with van der Waals surface area (Å²) < 4.78 is 8.72. The molecule has 2 aromatic rings. The molecule has 0 aliphatic carbocycles. The number of aryl methyl sites for hydroxylation is 1. The van der Waals surface area contributed by atoms with E-state index in [4.69, 9.17) is 16.0 Å². The van der Waals surface area contributed by atoms with Crippen LogP contribution in [0.3, 0.4) is 0 Å². The molecule has 0 spiro atoms. The summed E-state index contributed by atoms with van der Waals surface area (Å²) >= 11 is 9.10. The number of benzene rings is 1. The average Bonchev–Trinajstić information content (AvgIpc) is 2.73. The molecule has 1 N–H and O–H groups in total. The Labute approximate surface area is 114 Å². The number of hydrogen-bond acceptors (Lipinski definition) is 4. The molecule has 2 nitrogen and oxygen atoms in total. The number of thioether (sulfide) groups is 1. The first-order valence-electron chi connectivity index (χ1n) is 5.02. The fourth-order valence-electron chi connectivity index (χ4n) is 1.33. The summed E-state index contributed by atoms with van der Waals surface area (Å²) in [5.74, 6) is 0.908. The van der Waals surface area contributed by atoms with Crippen LogP contribution in [-0.2, 0) is 0 Å². The van der Waals surface area contributed by atoms with Gasteiger partial charge in [0.25, 0.3) is 0 Å². The Bertz CT molecular complexity index is 513. The van der Waals surface area contributed by atoms with E-state index in [0.717, 1.165) is 26.5 Å². The lowest BCUT2D eigenvalue weighted by molar-refractivity contribution is 0.449. The summed E-state index contributed by atoms with van der Waals surface area (Å²) in [5.41, 5.74) is 1.00. The zero-order valence-electron chi connectivity index (χ0n) is 9.49. The van der Waals surface area contributed by atoms with Crippen LogP contribution in [0.5, 0.6) is 0 Å². The van der Waals surface area contributed by atoms with Gasteiger partial charge in [0.1, 0.15) is 5.76 Å². The highest BCUT2D eigenvalue weighted by molar-refractivity contribution is 8.01. The van der Waals surface area contributed by atoms with Gasteiger partial charge in [-0.2, -0.15) is 0 Å². The Balaban J connectivity index is 2.10. The lowest BCUT2D eigenvalue weighted by atomic mass is 10.3. The average molecular weight is 286 g/mol. The second kappa shape index (κ2) is 5.76.